The zero-order chi connectivity index (χ0) is 17.2. The molecular weight excluding hydrogens is 335 g/mol. The van der Waals surface area contributed by atoms with Crippen molar-refractivity contribution in [3.8, 4) is 0 Å². The summed E-state index contributed by atoms with van der Waals surface area (Å²) in [5.41, 5.74) is 0. The summed E-state index contributed by atoms with van der Waals surface area (Å²) < 4.78 is 45.1. The molecule has 0 aliphatic carbocycles. The van der Waals surface area contributed by atoms with Gasteiger partial charge in [-0.05, 0) is 31.0 Å². The van der Waals surface area contributed by atoms with Crippen molar-refractivity contribution >= 4 is 15.9 Å². The van der Waals surface area contributed by atoms with Crippen molar-refractivity contribution in [1.29, 1.82) is 0 Å². The predicted molar refractivity (Wildman–Crippen MR) is 85.3 cm³/mol. The summed E-state index contributed by atoms with van der Waals surface area (Å²) in [4.78, 5) is 13.9. The topological polar surface area (TPSA) is 66.9 Å². The maximum Gasteiger partial charge on any atom is 0.243 e. The molecule has 2 heterocycles. The van der Waals surface area contributed by atoms with Crippen LogP contribution in [0.25, 0.3) is 0 Å². The monoisotopic (exact) mass is 356 g/mol. The van der Waals surface area contributed by atoms with Crippen LogP contribution < -0.4 is 0 Å². The highest BCUT2D eigenvalue weighted by Crippen LogP contribution is 2.20. The first-order chi connectivity index (χ1) is 11.5. The van der Waals surface area contributed by atoms with Crippen molar-refractivity contribution < 1.29 is 22.3 Å². The van der Waals surface area contributed by atoms with Crippen molar-refractivity contribution in [2.45, 2.75) is 30.3 Å². The molecule has 2 aliphatic rings. The van der Waals surface area contributed by atoms with E-state index in [0.29, 0.717) is 26.1 Å². The van der Waals surface area contributed by atoms with Crippen LogP contribution in [0.1, 0.15) is 19.3 Å². The van der Waals surface area contributed by atoms with E-state index in [2.05, 4.69) is 0 Å². The number of sulfonamides is 1. The molecule has 3 rings (SSSR count). The van der Waals surface area contributed by atoms with Crippen LogP contribution in [0.3, 0.4) is 0 Å². The lowest BCUT2D eigenvalue weighted by atomic mass is 10.1. The van der Waals surface area contributed by atoms with Gasteiger partial charge >= 0.3 is 0 Å². The van der Waals surface area contributed by atoms with Gasteiger partial charge in [0.2, 0.25) is 15.9 Å². The summed E-state index contributed by atoms with van der Waals surface area (Å²) in [6.07, 6.45) is 2.24. The lowest BCUT2D eigenvalue weighted by Crippen LogP contribution is -2.50. The smallest absolute Gasteiger partial charge is 0.243 e. The number of ether oxygens (including phenoxy) is 1. The minimum atomic E-state index is -3.73. The van der Waals surface area contributed by atoms with Gasteiger partial charge in [-0.25, -0.2) is 12.8 Å². The van der Waals surface area contributed by atoms with Gasteiger partial charge in [-0.2, -0.15) is 4.31 Å². The SMILES string of the molecule is O=C(CC1CCCO1)N1CCN(S(=O)(=O)c2cccc(F)c2)CC1. The summed E-state index contributed by atoms with van der Waals surface area (Å²) in [5.74, 6) is -0.578. The molecule has 6 nitrogen and oxygen atoms in total. The third-order valence-corrected chi connectivity index (χ3v) is 6.35. The Hall–Kier alpha value is -1.51. The molecule has 0 N–H and O–H groups in total. The average Bonchev–Trinajstić information content (AvgIpc) is 3.08. The molecule has 1 unspecified atom stereocenters. The molecule has 0 aromatic heterocycles. The molecule has 0 radical (unpaired) electrons. The van der Waals surface area contributed by atoms with Gasteiger partial charge in [0.25, 0.3) is 0 Å². The van der Waals surface area contributed by atoms with Gasteiger partial charge in [0.15, 0.2) is 0 Å². The first kappa shape index (κ1) is 17.3. The third kappa shape index (κ3) is 3.76. The number of piperazine rings is 1. The van der Waals surface area contributed by atoms with Crippen LogP contribution in [-0.2, 0) is 19.6 Å². The Morgan fingerprint density at radius 3 is 2.62 bits per heavy atom. The number of halogens is 1. The number of benzene rings is 1. The first-order valence-electron chi connectivity index (χ1n) is 8.12. The molecule has 0 spiro atoms. The predicted octanol–water partition coefficient (Wildman–Crippen LogP) is 1.23. The van der Waals surface area contributed by atoms with Gasteiger partial charge < -0.3 is 9.64 Å². The van der Waals surface area contributed by atoms with Gasteiger partial charge in [-0.3, -0.25) is 4.79 Å². The average molecular weight is 356 g/mol. The summed E-state index contributed by atoms with van der Waals surface area (Å²) in [5, 5.41) is 0. The Kier molecular flexibility index (Phi) is 5.17. The number of amides is 1. The van der Waals surface area contributed by atoms with Crippen LogP contribution in [0.4, 0.5) is 4.39 Å². The van der Waals surface area contributed by atoms with Crippen molar-refractivity contribution in [2.24, 2.45) is 0 Å². The van der Waals surface area contributed by atoms with E-state index in [1.807, 2.05) is 0 Å². The normalized spacial score (nSPS) is 22.7. The molecule has 0 saturated carbocycles. The fourth-order valence-corrected chi connectivity index (χ4v) is 4.54. The summed E-state index contributed by atoms with van der Waals surface area (Å²) >= 11 is 0. The molecule has 2 fully saturated rings. The van der Waals surface area contributed by atoms with Gasteiger partial charge in [0.05, 0.1) is 17.4 Å². The molecule has 8 heteroatoms. The molecule has 0 bridgehead atoms. The molecule has 24 heavy (non-hydrogen) atoms. The Bertz CT molecular complexity index is 696. The number of nitrogens with zero attached hydrogens (tertiary/aromatic N) is 2. The highest BCUT2D eigenvalue weighted by molar-refractivity contribution is 7.89. The van der Waals surface area contributed by atoms with Crippen molar-refractivity contribution in [3.05, 3.63) is 30.1 Å². The number of carbonyl (C=O) groups is 1. The fraction of sp³-hybridized carbons (Fsp3) is 0.562. The van der Waals surface area contributed by atoms with Gasteiger partial charge in [0, 0.05) is 32.8 Å². The molecule has 1 aromatic rings. The highest BCUT2D eigenvalue weighted by atomic mass is 32.2. The molecule has 1 amide bonds. The number of rotatable bonds is 4. The minimum absolute atomic E-state index is 0.00436. The summed E-state index contributed by atoms with van der Waals surface area (Å²) in [6, 6.07) is 4.99. The lowest BCUT2D eigenvalue weighted by molar-refractivity contribution is -0.134. The van der Waals surface area contributed by atoms with E-state index in [-0.39, 0.29) is 30.0 Å². The van der Waals surface area contributed by atoms with Crippen molar-refractivity contribution in [3.63, 3.8) is 0 Å². The van der Waals surface area contributed by atoms with Crippen molar-refractivity contribution in [2.75, 3.05) is 32.8 Å². The van der Waals surface area contributed by atoms with Gasteiger partial charge in [-0.15, -0.1) is 0 Å². The Balaban J connectivity index is 1.59. The zero-order valence-electron chi connectivity index (χ0n) is 13.4. The summed E-state index contributed by atoms with van der Waals surface area (Å²) in [6.45, 7) is 1.84. The fourth-order valence-electron chi connectivity index (χ4n) is 3.08. The minimum Gasteiger partial charge on any atom is -0.378 e. The van der Waals surface area contributed by atoms with Crippen LogP contribution in [0.2, 0.25) is 0 Å². The zero-order valence-corrected chi connectivity index (χ0v) is 14.2. The van der Waals surface area contributed by atoms with Crippen LogP contribution in [0, 0.1) is 5.82 Å². The second kappa shape index (κ2) is 7.16. The number of hydrogen-bond acceptors (Lipinski definition) is 4. The Labute approximate surface area is 141 Å². The number of carbonyl (C=O) groups excluding carboxylic acids is 1. The molecular formula is C16H21FN2O4S. The van der Waals surface area contributed by atoms with E-state index < -0.39 is 15.8 Å². The van der Waals surface area contributed by atoms with Crippen LogP contribution in [0.15, 0.2) is 29.2 Å². The van der Waals surface area contributed by atoms with Gasteiger partial charge in [-0.1, -0.05) is 6.07 Å². The molecule has 2 saturated heterocycles. The second-order valence-electron chi connectivity index (χ2n) is 6.08. The lowest BCUT2D eigenvalue weighted by Gasteiger charge is -2.34. The molecule has 132 valence electrons. The Morgan fingerprint density at radius 1 is 1.25 bits per heavy atom. The second-order valence-corrected chi connectivity index (χ2v) is 8.02. The number of hydrogen-bond donors (Lipinski definition) is 0. The van der Waals surface area contributed by atoms with E-state index in [4.69, 9.17) is 4.74 Å². The maximum absolute atomic E-state index is 13.3. The largest absolute Gasteiger partial charge is 0.378 e. The van der Waals surface area contributed by atoms with E-state index in [1.54, 1.807) is 4.90 Å². The van der Waals surface area contributed by atoms with Crippen molar-refractivity contribution in [1.82, 2.24) is 9.21 Å². The quantitative estimate of drug-likeness (QED) is 0.814. The molecule has 2 aliphatic heterocycles. The van der Waals surface area contributed by atoms with Crippen LogP contribution in [-0.4, -0.2) is 62.4 Å². The van der Waals surface area contributed by atoms with E-state index >= 15 is 0 Å². The van der Waals surface area contributed by atoms with E-state index in [1.165, 1.54) is 22.5 Å². The van der Waals surface area contributed by atoms with Crippen LogP contribution in [0.5, 0.6) is 0 Å². The van der Waals surface area contributed by atoms with E-state index in [0.717, 1.165) is 18.9 Å². The van der Waals surface area contributed by atoms with Gasteiger partial charge in [0.1, 0.15) is 5.82 Å². The first-order valence-corrected chi connectivity index (χ1v) is 9.56. The Morgan fingerprint density at radius 2 is 2.00 bits per heavy atom. The van der Waals surface area contributed by atoms with Crippen LogP contribution >= 0.6 is 0 Å². The summed E-state index contributed by atoms with van der Waals surface area (Å²) in [7, 11) is -3.73. The van der Waals surface area contributed by atoms with E-state index in [9.17, 15) is 17.6 Å². The maximum atomic E-state index is 13.3. The highest BCUT2D eigenvalue weighted by Gasteiger charge is 2.31. The molecule has 1 aromatic carbocycles. The third-order valence-electron chi connectivity index (χ3n) is 4.45. The molecule has 1 atom stereocenters. The standard InChI is InChI=1S/C16H21FN2O4S/c17-13-3-1-5-15(11-13)24(21,22)19-8-6-18(7-9-19)16(20)12-14-4-2-10-23-14/h1,3,5,11,14H,2,4,6-10,12H2.